The van der Waals surface area contributed by atoms with Gasteiger partial charge in [-0.05, 0) is 18.2 Å². The summed E-state index contributed by atoms with van der Waals surface area (Å²) in [6.07, 6.45) is 1.99. The van der Waals surface area contributed by atoms with Crippen molar-refractivity contribution < 1.29 is 9.18 Å². The molecular weight excluding hydrogens is 265 g/mol. The number of rotatable bonds is 6. The number of aromatic nitrogens is 2. The lowest BCUT2D eigenvalue weighted by Gasteiger charge is -2.04. The minimum atomic E-state index is -0.245. The Bertz CT molecular complexity index is 530. The molecule has 0 fully saturated rings. The van der Waals surface area contributed by atoms with Crippen LogP contribution in [0, 0.1) is 5.82 Å². The predicted octanol–water partition coefficient (Wildman–Crippen LogP) is 2.35. The monoisotopic (exact) mass is 279 g/mol. The Balaban J connectivity index is 1.68. The van der Waals surface area contributed by atoms with Gasteiger partial charge in [-0.25, -0.2) is 4.39 Å². The lowest BCUT2D eigenvalue weighted by Crippen LogP contribution is -2.23. The van der Waals surface area contributed by atoms with Crippen LogP contribution in [0.2, 0.25) is 0 Å². The van der Waals surface area contributed by atoms with E-state index in [0.29, 0.717) is 23.6 Å². The molecule has 0 unspecified atom stereocenters. The Morgan fingerprint density at radius 3 is 2.95 bits per heavy atom. The van der Waals surface area contributed by atoms with Crippen molar-refractivity contribution in [3.63, 3.8) is 0 Å². The van der Waals surface area contributed by atoms with Crippen molar-refractivity contribution in [3.05, 3.63) is 48.0 Å². The first kappa shape index (κ1) is 13.6. The third-order valence-corrected chi connectivity index (χ3v) is 3.51. The van der Waals surface area contributed by atoms with Crippen LogP contribution in [-0.4, -0.2) is 21.9 Å². The molecule has 2 aromatic rings. The molecule has 1 heterocycles. The molecule has 0 aliphatic rings. The lowest BCUT2D eigenvalue weighted by atomic mass is 10.3. The number of hydrogen-bond donors (Lipinski definition) is 2. The molecule has 1 amide bonds. The van der Waals surface area contributed by atoms with Gasteiger partial charge in [-0.1, -0.05) is 12.1 Å². The van der Waals surface area contributed by atoms with Crippen LogP contribution in [0.5, 0.6) is 0 Å². The smallest absolute Gasteiger partial charge is 0.221 e. The van der Waals surface area contributed by atoms with Crippen molar-refractivity contribution in [1.29, 1.82) is 0 Å². The predicted molar refractivity (Wildman–Crippen MR) is 72.2 cm³/mol. The fourth-order valence-corrected chi connectivity index (χ4v) is 2.37. The molecule has 0 radical (unpaired) electrons. The maximum absolute atomic E-state index is 13.3. The molecule has 0 saturated carbocycles. The van der Waals surface area contributed by atoms with E-state index in [1.807, 2.05) is 0 Å². The zero-order chi connectivity index (χ0) is 13.5. The van der Waals surface area contributed by atoms with Crippen LogP contribution in [0.15, 0.2) is 41.4 Å². The summed E-state index contributed by atoms with van der Waals surface area (Å²) in [5, 5.41) is 9.32. The topological polar surface area (TPSA) is 57.8 Å². The summed E-state index contributed by atoms with van der Waals surface area (Å²) in [4.78, 5) is 12.1. The van der Waals surface area contributed by atoms with E-state index in [4.69, 9.17) is 0 Å². The number of benzene rings is 1. The SMILES string of the molecule is O=C(CCSc1ccccc1F)NCc1ccn[nH]1. The molecule has 6 heteroatoms. The number of nitrogens with one attached hydrogen (secondary N) is 2. The standard InChI is InChI=1S/C13H14FN3OS/c14-11-3-1-2-4-12(11)19-8-6-13(18)15-9-10-5-7-16-17-10/h1-5,7H,6,8-9H2,(H,15,18)(H,16,17). The number of nitrogens with zero attached hydrogens (tertiary/aromatic N) is 1. The second-order valence-electron chi connectivity index (χ2n) is 3.89. The maximum Gasteiger partial charge on any atom is 0.221 e. The molecule has 1 aromatic carbocycles. The van der Waals surface area contributed by atoms with E-state index in [1.54, 1.807) is 30.5 Å². The molecule has 2 N–H and O–H groups in total. The zero-order valence-electron chi connectivity index (χ0n) is 10.2. The van der Waals surface area contributed by atoms with Crippen LogP contribution in [0.4, 0.5) is 4.39 Å². The molecule has 19 heavy (non-hydrogen) atoms. The second kappa shape index (κ2) is 6.94. The van der Waals surface area contributed by atoms with E-state index in [0.717, 1.165) is 5.69 Å². The van der Waals surface area contributed by atoms with Gasteiger partial charge in [0, 0.05) is 23.3 Å². The molecule has 0 atom stereocenters. The number of hydrogen-bond acceptors (Lipinski definition) is 3. The zero-order valence-corrected chi connectivity index (χ0v) is 11.0. The van der Waals surface area contributed by atoms with Crippen molar-refractivity contribution in [2.45, 2.75) is 17.9 Å². The van der Waals surface area contributed by atoms with Gasteiger partial charge in [0.15, 0.2) is 0 Å². The molecule has 4 nitrogen and oxygen atoms in total. The molecule has 0 spiro atoms. The fourth-order valence-electron chi connectivity index (χ4n) is 1.48. The van der Waals surface area contributed by atoms with E-state index in [1.165, 1.54) is 17.8 Å². The van der Waals surface area contributed by atoms with Gasteiger partial charge in [0.25, 0.3) is 0 Å². The average Bonchev–Trinajstić information content (AvgIpc) is 2.92. The van der Waals surface area contributed by atoms with Gasteiger partial charge in [-0.15, -0.1) is 11.8 Å². The number of aromatic amines is 1. The molecule has 1 aromatic heterocycles. The lowest BCUT2D eigenvalue weighted by molar-refractivity contribution is -0.120. The van der Waals surface area contributed by atoms with Crippen LogP contribution in [-0.2, 0) is 11.3 Å². The summed E-state index contributed by atoms with van der Waals surface area (Å²) in [5.41, 5.74) is 0.857. The largest absolute Gasteiger partial charge is 0.350 e. The fraction of sp³-hybridized carbons (Fsp3) is 0.231. The number of carbonyl (C=O) groups excluding carboxylic acids is 1. The highest BCUT2D eigenvalue weighted by atomic mass is 32.2. The van der Waals surface area contributed by atoms with Crippen molar-refractivity contribution in [3.8, 4) is 0 Å². The normalized spacial score (nSPS) is 10.4. The molecule has 0 bridgehead atoms. The molecule has 0 saturated heterocycles. The van der Waals surface area contributed by atoms with Crippen LogP contribution in [0.1, 0.15) is 12.1 Å². The first-order chi connectivity index (χ1) is 9.25. The van der Waals surface area contributed by atoms with Gasteiger partial charge >= 0.3 is 0 Å². The number of amides is 1. The minimum absolute atomic E-state index is 0.0570. The number of halogens is 1. The van der Waals surface area contributed by atoms with Crippen LogP contribution in [0.25, 0.3) is 0 Å². The summed E-state index contributed by atoms with van der Waals surface area (Å²) in [6.45, 7) is 0.434. The Labute approximate surface area is 114 Å². The average molecular weight is 279 g/mol. The maximum atomic E-state index is 13.3. The van der Waals surface area contributed by atoms with Crippen LogP contribution < -0.4 is 5.32 Å². The van der Waals surface area contributed by atoms with Crippen LogP contribution in [0.3, 0.4) is 0 Å². The number of thioether (sulfide) groups is 1. The molecule has 0 aliphatic heterocycles. The first-order valence-corrected chi connectivity index (χ1v) is 6.86. The molecular formula is C13H14FN3OS. The van der Waals surface area contributed by atoms with E-state index < -0.39 is 0 Å². The highest BCUT2D eigenvalue weighted by molar-refractivity contribution is 7.99. The summed E-state index contributed by atoms with van der Waals surface area (Å²) < 4.78 is 13.3. The van der Waals surface area contributed by atoms with Crippen LogP contribution >= 0.6 is 11.8 Å². The Morgan fingerprint density at radius 2 is 2.21 bits per heavy atom. The Hall–Kier alpha value is -1.82. The summed E-state index contributed by atoms with van der Waals surface area (Å²) >= 11 is 1.34. The molecule has 0 aliphatic carbocycles. The van der Waals surface area contributed by atoms with E-state index in [-0.39, 0.29) is 11.7 Å². The number of carbonyl (C=O) groups is 1. The quantitative estimate of drug-likeness (QED) is 0.798. The highest BCUT2D eigenvalue weighted by Gasteiger charge is 2.05. The van der Waals surface area contributed by atoms with Gasteiger partial charge in [0.05, 0.1) is 12.2 Å². The van der Waals surface area contributed by atoms with Gasteiger partial charge in [0.1, 0.15) is 5.82 Å². The van der Waals surface area contributed by atoms with Gasteiger partial charge in [-0.2, -0.15) is 5.10 Å². The second-order valence-corrected chi connectivity index (χ2v) is 5.02. The highest BCUT2D eigenvalue weighted by Crippen LogP contribution is 2.21. The third-order valence-electron chi connectivity index (χ3n) is 2.46. The third kappa shape index (κ3) is 4.40. The minimum Gasteiger partial charge on any atom is -0.350 e. The van der Waals surface area contributed by atoms with Crippen molar-refractivity contribution in [2.24, 2.45) is 0 Å². The van der Waals surface area contributed by atoms with E-state index >= 15 is 0 Å². The van der Waals surface area contributed by atoms with Gasteiger partial charge in [-0.3, -0.25) is 9.89 Å². The van der Waals surface area contributed by atoms with Gasteiger partial charge < -0.3 is 5.32 Å². The number of H-pyrrole nitrogens is 1. The van der Waals surface area contributed by atoms with Crippen molar-refractivity contribution in [1.82, 2.24) is 15.5 Å². The van der Waals surface area contributed by atoms with Crippen molar-refractivity contribution >= 4 is 17.7 Å². The van der Waals surface area contributed by atoms with Gasteiger partial charge in [0.2, 0.25) is 5.91 Å². The summed E-state index contributed by atoms with van der Waals surface area (Å²) in [6, 6.07) is 8.36. The molecule has 2 rings (SSSR count). The summed E-state index contributed by atoms with van der Waals surface area (Å²) in [7, 11) is 0. The molecule has 100 valence electrons. The Kier molecular flexibility index (Phi) is 4.97. The van der Waals surface area contributed by atoms with E-state index in [9.17, 15) is 9.18 Å². The summed E-state index contributed by atoms with van der Waals surface area (Å²) in [5.74, 6) is 0.249. The Morgan fingerprint density at radius 1 is 1.37 bits per heavy atom. The first-order valence-electron chi connectivity index (χ1n) is 5.88. The van der Waals surface area contributed by atoms with E-state index in [2.05, 4.69) is 15.5 Å². The van der Waals surface area contributed by atoms with Crippen molar-refractivity contribution in [2.75, 3.05) is 5.75 Å².